The van der Waals surface area contributed by atoms with Gasteiger partial charge in [0.2, 0.25) is 0 Å². The van der Waals surface area contributed by atoms with Gasteiger partial charge in [0.1, 0.15) is 23.2 Å². The summed E-state index contributed by atoms with van der Waals surface area (Å²) < 4.78 is 37.1. The Morgan fingerprint density at radius 3 is 2.54 bits per heavy atom. The molecule has 0 aliphatic rings. The maximum atomic E-state index is 14.3. The maximum Gasteiger partial charge on any atom is 0.146 e. The summed E-state index contributed by atoms with van der Waals surface area (Å²) in [4.78, 5) is 4.15. The van der Waals surface area contributed by atoms with E-state index in [4.69, 9.17) is 4.74 Å². The summed E-state index contributed by atoms with van der Waals surface area (Å²) in [7, 11) is 1.37. The molecule has 0 bridgehead atoms. The lowest BCUT2D eigenvalue weighted by Gasteiger charge is -2.17. The molecule has 3 rings (SSSR count). The SMILES string of the molecule is COc1cc(F)c(-c2nccn2[C@H](C)CCn2cccn2)c(F)c1. The fraction of sp³-hybridized carbons (Fsp3) is 0.294. The van der Waals surface area contributed by atoms with Gasteiger partial charge in [0.25, 0.3) is 0 Å². The average molecular weight is 332 g/mol. The zero-order valence-corrected chi connectivity index (χ0v) is 13.5. The molecule has 2 heterocycles. The molecule has 3 aromatic rings. The lowest BCUT2D eigenvalue weighted by Crippen LogP contribution is -2.11. The molecule has 126 valence electrons. The van der Waals surface area contributed by atoms with Crippen LogP contribution in [0.2, 0.25) is 0 Å². The number of ether oxygens (including phenoxy) is 1. The zero-order valence-electron chi connectivity index (χ0n) is 13.5. The average Bonchev–Trinajstić information content (AvgIpc) is 3.23. The molecule has 2 aromatic heterocycles. The molecule has 0 radical (unpaired) electrons. The summed E-state index contributed by atoms with van der Waals surface area (Å²) in [6.07, 6.45) is 7.62. The van der Waals surface area contributed by atoms with Gasteiger partial charge < -0.3 is 9.30 Å². The third-order valence-corrected chi connectivity index (χ3v) is 3.95. The van der Waals surface area contributed by atoms with Crippen molar-refractivity contribution >= 4 is 0 Å². The fourth-order valence-electron chi connectivity index (χ4n) is 2.63. The van der Waals surface area contributed by atoms with Gasteiger partial charge in [0.15, 0.2) is 0 Å². The molecule has 0 unspecified atom stereocenters. The van der Waals surface area contributed by atoms with Crippen molar-refractivity contribution in [3.05, 3.63) is 54.6 Å². The Morgan fingerprint density at radius 2 is 1.92 bits per heavy atom. The standard InChI is InChI=1S/C17H18F2N4O/c1-12(4-8-22-7-3-5-21-22)23-9-6-20-17(23)16-14(18)10-13(24-2)11-15(16)19/h3,5-7,9-12H,4,8H2,1-2H3/t12-/m1/s1. The van der Waals surface area contributed by atoms with Crippen LogP contribution in [0, 0.1) is 11.6 Å². The number of rotatable bonds is 6. The van der Waals surface area contributed by atoms with Gasteiger partial charge in [-0.1, -0.05) is 0 Å². The van der Waals surface area contributed by atoms with Crippen LogP contribution < -0.4 is 4.74 Å². The maximum absolute atomic E-state index is 14.3. The second kappa shape index (κ2) is 6.82. The van der Waals surface area contributed by atoms with Crippen LogP contribution in [0.3, 0.4) is 0 Å². The quantitative estimate of drug-likeness (QED) is 0.692. The van der Waals surface area contributed by atoms with Gasteiger partial charge in [-0.3, -0.25) is 4.68 Å². The molecule has 5 nitrogen and oxygen atoms in total. The second-order valence-corrected chi connectivity index (χ2v) is 5.53. The van der Waals surface area contributed by atoms with Crippen molar-refractivity contribution in [3.63, 3.8) is 0 Å². The Hall–Kier alpha value is -2.70. The molecule has 1 atom stereocenters. The molecule has 0 spiro atoms. The van der Waals surface area contributed by atoms with Crippen LogP contribution in [0.15, 0.2) is 43.0 Å². The van der Waals surface area contributed by atoms with Crippen molar-refractivity contribution in [2.24, 2.45) is 0 Å². The number of imidazole rings is 1. The summed E-state index contributed by atoms with van der Waals surface area (Å²) in [5, 5.41) is 4.16. The largest absolute Gasteiger partial charge is 0.497 e. The van der Waals surface area contributed by atoms with Gasteiger partial charge in [0, 0.05) is 49.5 Å². The number of halogens is 2. The predicted molar refractivity (Wildman–Crippen MR) is 85.7 cm³/mol. The van der Waals surface area contributed by atoms with Gasteiger partial charge in [-0.05, 0) is 19.4 Å². The Kier molecular flexibility index (Phi) is 4.59. The smallest absolute Gasteiger partial charge is 0.146 e. The first-order valence-corrected chi connectivity index (χ1v) is 7.64. The van der Waals surface area contributed by atoms with Gasteiger partial charge >= 0.3 is 0 Å². The minimum absolute atomic E-state index is 0.00704. The Balaban J connectivity index is 1.87. The van der Waals surface area contributed by atoms with Crippen LogP contribution in [0.5, 0.6) is 5.75 Å². The van der Waals surface area contributed by atoms with E-state index in [2.05, 4.69) is 10.1 Å². The van der Waals surface area contributed by atoms with E-state index in [-0.39, 0.29) is 23.2 Å². The summed E-state index contributed by atoms with van der Waals surface area (Å²) >= 11 is 0. The highest BCUT2D eigenvalue weighted by Crippen LogP contribution is 2.30. The number of aryl methyl sites for hydroxylation is 1. The van der Waals surface area contributed by atoms with Gasteiger partial charge in [-0.2, -0.15) is 5.10 Å². The molecule has 0 saturated heterocycles. The van der Waals surface area contributed by atoms with E-state index in [1.807, 2.05) is 23.9 Å². The molecular formula is C17H18F2N4O. The van der Waals surface area contributed by atoms with Crippen LogP contribution in [-0.4, -0.2) is 26.4 Å². The zero-order chi connectivity index (χ0) is 17.1. The number of hydrogen-bond acceptors (Lipinski definition) is 3. The Labute approximate surface area is 138 Å². The van der Waals surface area contributed by atoms with Crippen LogP contribution in [0.25, 0.3) is 11.4 Å². The van der Waals surface area contributed by atoms with Gasteiger partial charge in [0.05, 0.1) is 12.7 Å². The molecule has 7 heteroatoms. The van der Waals surface area contributed by atoms with E-state index in [0.29, 0.717) is 6.54 Å². The van der Waals surface area contributed by atoms with Crippen molar-refractivity contribution in [1.29, 1.82) is 0 Å². The minimum atomic E-state index is -0.696. The molecule has 0 N–H and O–H groups in total. The molecule has 24 heavy (non-hydrogen) atoms. The molecule has 0 aliphatic carbocycles. The number of hydrogen-bond donors (Lipinski definition) is 0. The fourth-order valence-corrected chi connectivity index (χ4v) is 2.63. The predicted octanol–water partition coefficient (Wildman–Crippen LogP) is 3.68. The van der Waals surface area contributed by atoms with Crippen molar-refractivity contribution in [2.45, 2.75) is 25.9 Å². The summed E-state index contributed by atoms with van der Waals surface area (Å²) in [5.74, 6) is -0.989. The number of benzene rings is 1. The summed E-state index contributed by atoms with van der Waals surface area (Å²) in [6, 6.07) is 4.18. The Bertz CT molecular complexity index is 791. The normalized spacial score (nSPS) is 12.3. The van der Waals surface area contributed by atoms with Crippen molar-refractivity contribution in [1.82, 2.24) is 19.3 Å². The number of nitrogens with zero attached hydrogens (tertiary/aromatic N) is 4. The lowest BCUT2D eigenvalue weighted by atomic mass is 10.1. The topological polar surface area (TPSA) is 44.9 Å². The van der Waals surface area contributed by atoms with E-state index in [1.54, 1.807) is 23.2 Å². The van der Waals surface area contributed by atoms with Gasteiger partial charge in [-0.25, -0.2) is 13.8 Å². The van der Waals surface area contributed by atoms with Crippen molar-refractivity contribution < 1.29 is 13.5 Å². The first-order chi connectivity index (χ1) is 11.6. The lowest BCUT2D eigenvalue weighted by molar-refractivity contribution is 0.406. The first kappa shape index (κ1) is 16.2. The van der Waals surface area contributed by atoms with Crippen molar-refractivity contribution in [2.75, 3.05) is 7.11 Å². The number of aromatic nitrogens is 4. The minimum Gasteiger partial charge on any atom is -0.497 e. The highest BCUT2D eigenvalue weighted by Gasteiger charge is 2.20. The molecule has 1 aromatic carbocycles. The van der Waals surface area contributed by atoms with Crippen LogP contribution in [0.4, 0.5) is 8.78 Å². The van der Waals surface area contributed by atoms with E-state index in [1.165, 1.54) is 7.11 Å². The summed E-state index contributed by atoms with van der Waals surface area (Å²) in [5.41, 5.74) is -0.147. The monoisotopic (exact) mass is 332 g/mol. The second-order valence-electron chi connectivity index (χ2n) is 5.53. The summed E-state index contributed by atoms with van der Waals surface area (Å²) in [6.45, 7) is 2.69. The Morgan fingerprint density at radius 1 is 1.17 bits per heavy atom. The van der Waals surface area contributed by atoms with Crippen molar-refractivity contribution in [3.8, 4) is 17.1 Å². The molecular weight excluding hydrogens is 314 g/mol. The van der Waals surface area contributed by atoms with E-state index >= 15 is 0 Å². The molecule has 0 saturated carbocycles. The van der Waals surface area contributed by atoms with E-state index < -0.39 is 11.6 Å². The first-order valence-electron chi connectivity index (χ1n) is 7.64. The van der Waals surface area contributed by atoms with E-state index in [9.17, 15) is 8.78 Å². The van der Waals surface area contributed by atoms with E-state index in [0.717, 1.165) is 18.6 Å². The third-order valence-electron chi connectivity index (χ3n) is 3.95. The highest BCUT2D eigenvalue weighted by molar-refractivity contribution is 5.59. The highest BCUT2D eigenvalue weighted by atomic mass is 19.1. The number of methoxy groups -OCH3 is 1. The van der Waals surface area contributed by atoms with Gasteiger partial charge in [-0.15, -0.1) is 0 Å². The molecule has 0 aliphatic heterocycles. The van der Waals surface area contributed by atoms with Crippen LogP contribution >= 0.6 is 0 Å². The third kappa shape index (κ3) is 3.15. The molecule has 0 fully saturated rings. The molecule has 0 amide bonds. The van der Waals surface area contributed by atoms with Crippen LogP contribution in [0.1, 0.15) is 19.4 Å². The van der Waals surface area contributed by atoms with Crippen LogP contribution in [-0.2, 0) is 6.54 Å².